The van der Waals surface area contributed by atoms with Crippen LogP contribution in [0.4, 0.5) is 0 Å². The maximum absolute atomic E-state index is 12.2. The van der Waals surface area contributed by atoms with Gasteiger partial charge in [0, 0.05) is 6.54 Å². The third kappa shape index (κ3) is 3.98. The Morgan fingerprint density at radius 2 is 1.83 bits per heavy atom. The minimum Gasteiger partial charge on any atom is -0.465 e. The second-order valence-electron chi connectivity index (χ2n) is 4.89. The van der Waals surface area contributed by atoms with E-state index in [-0.39, 0.29) is 12.5 Å². The van der Waals surface area contributed by atoms with Gasteiger partial charge in [-0.25, -0.2) is 0 Å². The quantitative estimate of drug-likeness (QED) is 0.567. The number of nitrogens with one attached hydrogen (secondary N) is 1. The number of hydrogen-bond acceptors (Lipinski definition) is 4. The van der Waals surface area contributed by atoms with Crippen LogP contribution in [0.25, 0.3) is 0 Å². The lowest BCUT2D eigenvalue weighted by molar-refractivity contribution is -0.144. The maximum atomic E-state index is 12.2. The molecule has 104 valence electrons. The zero-order chi connectivity index (χ0) is 13.4. The number of ether oxygens (including phenoxy) is 1. The van der Waals surface area contributed by atoms with E-state index >= 15 is 0 Å². The molecule has 0 saturated heterocycles. The molecule has 1 rings (SSSR count). The fraction of sp³-hybridized carbons (Fsp3) is 0.846. The molecule has 0 atom stereocenters. The van der Waals surface area contributed by atoms with Crippen LogP contribution in [-0.2, 0) is 14.3 Å². The van der Waals surface area contributed by atoms with Crippen molar-refractivity contribution >= 4 is 11.9 Å². The number of hydrogen-bond donors (Lipinski definition) is 2. The molecular weight excluding hydrogens is 232 g/mol. The predicted molar refractivity (Wildman–Crippen MR) is 68.8 cm³/mol. The van der Waals surface area contributed by atoms with Gasteiger partial charge in [-0.3, -0.25) is 9.59 Å². The van der Waals surface area contributed by atoms with Crippen LogP contribution in [0.3, 0.4) is 0 Å². The summed E-state index contributed by atoms with van der Waals surface area (Å²) in [5.74, 6) is -0.494. The standard InChI is InChI=1S/C13H24N2O3/c1-2-18-11(16)9-15-12(17)13(10-14)7-5-3-4-6-8-13/h2-10,14H2,1H3,(H,15,17). The van der Waals surface area contributed by atoms with Crippen LogP contribution in [0.15, 0.2) is 0 Å². The van der Waals surface area contributed by atoms with Gasteiger partial charge in [0.2, 0.25) is 5.91 Å². The number of carbonyl (C=O) groups excluding carboxylic acids is 2. The summed E-state index contributed by atoms with van der Waals surface area (Å²) in [6, 6.07) is 0. The molecule has 5 heteroatoms. The maximum Gasteiger partial charge on any atom is 0.325 e. The molecule has 1 amide bonds. The van der Waals surface area contributed by atoms with Crippen molar-refractivity contribution < 1.29 is 14.3 Å². The fourth-order valence-electron chi connectivity index (χ4n) is 2.48. The highest BCUT2D eigenvalue weighted by atomic mass is 16.5. The number of amides is 1. The highest BCUT2D eigenvalue weighted by molar-refractivity contribution is 5.86. The third-order valence-electron chi connectivity index (χ3n) is 3.63. The Balaban J connectivity index is 2.52. The summed E-state index contributed by atoms with van der Waals surface area (Å²) in [5, 5.41) is 2.66. The molecule has 0 aromatic carbocycles. The van der Waals surface area contributed by atoms with Crippen LogP contribution >= 0.6 is 0 Å². The molecule has 0 heterocycles. The molecule has 0 aromatic heterocycles. The lowest BCUT2D eigenvalue weighted by Crippen LogP contribution is -2.47. The molecule has 5 nitrogen and oxygen atoms in total. The highest BCUT2D eigenvalue weighted by Crippen LogP contribution is 2.34. The van der Waals surface area contributed by atoms with Gasteiger partial charge in [-0.15, -0.1) is 0 Å². The van der Waals surface area contributed by atoms with Gasteiger partial charge in [-0.1, -0.05) is 25.7 Å². The van der Waals surface area contributed by atoms with E-state index in [4.69, 9.17) is 10.5 Å². The van der Waals surface area contributed by atoms with Gasteiger partial charge >= 0.3 is 5.97 Å². The number of rotatable bonds is 5. The molecule has 1 aliphatic carbocycles. The second kappa shape index (κ2) is 7.36. The Bertz CT molecular complexity index is 284. The minimum atomic E-state index is -0.483. The normalized spacial score (nSPS) is 18.8. The molecule has 0 radical (unpaired) electrons. The molecule has 0 aliphatic heterocycles. The molecule has 1 saturated carbocycles. The van der Waals surface area contributed by atoms with Crippen LogP contribution in [0.1, 0.15) is 45.4 Å². The lowest BCUT2D eigenvalue weighted by atomic mass is 9.79. The first-order chi connectivity index (χ1) is 8.64. The average molecular weight is 256 g/mol. The van der Waals surface area contributed by atoms with E-state index in [1.807, 2.05) is 0 Å². The van der Waals surface area contributed by atoms with Crippen molar-refractivity contribution in [1.82, 2.24) is 5.32 Å². The fourth-order valence-corrected chi connectivity index (χ4v) is 2.48. The van der Waals surface area contributed by atoms with Crippen molar-refractivity contribution in [2.24, 2.45) is 11.1 Å². The summed E-state index contributed by atoms with van der Waals surface area (Å²) in [5.41, 5.74) is 5.31. The van der Waals surface area contributed by atoms with Crippen molar-refractivity contribution in [2.75, 3.05) is 19.7 Å². The Morgan fingerprint density at radius 3 is 2.33 bits per heavy atom. The van der Waals surface area contributed by atoms with Gasteiger partial charge in [0.1, 0.15) is 6.54 Å². The van der Waals surface area contributed by atoms with Gasteiger partial charge in [0.15, 0.2) is 0 Å². The van der Waals surface area contributed by atoms with Crippen LogP contribution < -0.4 is 11.1 Å². The molecular formula is C13H24N2O3. The van der Waals surface area contributed by atoms with Crippen LogP contribution in [0.2, 0.25) is 0 Å². The van der Waals surface area contributed by atoms with Gasteiger partial charge in [0.05, 0.1) is 12.0 Å². The van der Waals surface area contributed by atoms with E-state index in [0.717, 1.165) is 38.5 Å². The molecule has 18 heavy (non-hydrogen) atoms. The summed E-state index contributed by atoms with van der Waals surface area (Å²) in [6.45, 7) is 2.36. The van der Waals surface area contributed by atoms with E-state index in [1.165, 1.54) is 0 Å². The van der Waals surface area contributed by atoms with Gasteiger partial charge in [0.25, 0.3) is 0 Å². The van der Waals surface area contributed by atoms with Crippen molar-refractivity contribution in [3.8, 4) is 0 Å². The highest BCUT2D eigenvalue weighted by Gasteiger charge is 2.37. The van der Waals surface area contributed by atoms with E-state index in [1.54, 1.807) is 6.92 Å². The first-order valence-electron chi connectivity index (χ1n) is 6.78. The zero-order valence-corrected chi connectivity index (χ0v) is 11.2. The molecule has 1 fully saturated rings. The van der Waals surface area contributed by atoms with Gasteiger partial charge in [-0.05, 0) is 19.8 Å². The van der Waals surface area contributed by atoms with Crippen LogP contribution in [0, 0.1) is 5.41 Å². The third-order valence-corrected chi connectivity index (χ3v) is 3.63. The summed E-state index contributed by atoms with van der Waals surface area (Å²) in [6.07, 6.45) is 6.02. The predicted octanol–water partition coefficient (Wildman–Crippen LogP) is 0.965. The molecule has 1 aliphatic rings. The molecule has 3 N–H and O–H groups in total. The Morgan fingerprint density at radius 1 is 1.22 bits per heavy atom. The smallest absolute Gasteiger partial charge is 0.325 e. The van der Waals surface area contributed by atoms with E-state index in [9.17, 15) is 9.59 Å². The molecule has 0 unspecified atom stereocenters. The van der Waals surface area contributed by atoms with Crippen molar-refractivity contribution in [3.63, 3.8) is 0 Å². The molecule has 0 aromatic rings. The SMILES string of the molecule is CCOC(=O)CNC(=O)C1(CN)CCCCCC1. The second-order valence-corrected chi connectivity index (χ2v) is 4.89. The van der Waals surface area contributed by atoms with Crippen molar-refractivity contribution in [1.29, 1.82) is 0 Å². The summed E-state index contributed by atoms with van der Waals surface area (Å²) in [4.78, 5) is 23.4. The Hall–Kier alpha value is -1.10. The Kier molecular flexibility index (Phi) is 6.12. The first-order valence-corrected chi connectivity index (χ1v) is 6.78. The summed E-state index contributed by atoms with van der Waals surface area (Å²) < 4.78 is 4.79. The summed E-state index contributed by atoms with van der Waals surface area (Å²) in [7, 11) is 0. The first kappa shape index (κ1) is 15.0. The van der Waals surface area contributed by atoms with Gasteiger partial charge in [-0.2, -0.15) is 0 Å². The monoisotopic (exact) mass is 256 g/mol. The largest absolute Gasteiger partial charge is 0.465 e. The van der Waals surface area contributed by atoms with Gasteiger partial charge < -0.3 is 15.8 Å². The van der Waals surface area contributed by atoms with Crippen molar-refractivity contribution in [2.45, 2.75) is 45.4 Å². The number of nitrogens with two attached hydrogens (primary N) is 1. The van der Waals surface area contributed by atoms with E-state index in [2.05, 4.69) is 5.32 Å². The minimum absolute atomic E-state index is 0.0611. The molecule has 0 spiro atoms. The van der Waals surface area contributed by atoms with Crippen molar-refractivity contribution in [3.05, 3.63) is 0 Å². The average Bonchev–Trinajstić information content (AvgIpc) is 2.62. The molecule has 0 bridgehead atoms. The van der Waals surface area contributed by atoms with Crippen LogP contribution in [0.5, 0.6) is 0 Å². The number of carbonyl (C=O) groups is 2. The van der Waals surface area contributed by atoms with E-state index in [0.29, 0.717) is 13.2 Å². The Labute approximate surface area is 108 Å². The topological polar surface area (TPSA) is 81.4 Å². The van der Waals surface area contributed by atoms with Crippen LogP contribution in [-0.4, -0.2) is 31.6 Å². The summed E-state index contributed by atoms with van der Waals surface area (Å²) >= 11 is 0. The van der Waals surface area contributed by atoms with E-state index < -0.39 is 11.4 Å². The number of esters is 1. The zero-order valence-electron chi connectivity index (χ0n) is 11.2. The lowest BCUT2D eigenvalue weighted by Gasteiger charge is -2.29.